The normalized spacial score (nSPS) is 20.9. The number of morpholine rings is 1. The van der Waals surface area contributed by atoms with Gasteiger partial charge >= 0.3 is 0 Å². The predicted octanol–water partition coefficient (Wildman–Crippen LogP) is 1.12. The fraction of sp³-hybridized carbons (Fsp3) is 0.900. The van der Waals surface area contributed by atoms with Crippen molar-refractivity contribution < 1.29 is 23.0 Å². The fourth-order valence-corrected chi connectivity index (χ4v) is 1.72. The first kappa shape index (κ1) is 14.6. The smallest absolute Gasteiger partial charge is 0.261 e. The highest BCUT2D eigenvalue weighted by Crippen LogP contribution is 2.08. The number of rotatable bonds is 6. The molecule has 1 rings (SSSR count). The minimum absolute atomic E-state index is 0.0199. The van der Waals surface area contributed by atoms with E-state index < -0.39 is 13.0 Å². The second-order valence-corrected chi connectivity index (χ2v) is 4.01. The van der Waals surface area contributed by atoms with Gasteiger partial charge in [-0.25, -0.2) is 8.78 Å². The maximum absolute atomic E-state index is 11.8. The first-order chi connectivity index (χ1) is 8.13. The second kappa shape index (κ2) is 7.79. The first-order valence-corrected chi connectivity index (χ1v) is 5.98. The topological polar surface area (TPSA) is 38.8 Å². The summed E-state index contributed by atoms with van der Waals surface area (Å²) < 4.78 is 33.5. The van der Waals surface area contributed by atoms with Gasteiger partial charge in [-0.2, -0.15) is 0 Å². The van der Waals surface area contributed by atoms with Gasteiger partial charge in [0.05, 0.1) is 31.6 Å². The maximum atomic E-state index is 11.8. The van der Waals surface area contributed by atoms with E-state index in [9.17, 15) is 13.6 Å². The molecule has 7 heteroatoms. The zero-order valence-corrected chi connectivity index (χ0v) is 10.2. The number of hydrogen-bond acceptors (Lipinski definition) is 3. The number of nitrogens with zero attached hydrogens (tertiary/aromatic N) is 1. The molecule has 1 atom stereocenters. The zero-order valence-electron chi connectivity index (χ0n) is 9.41. The van der Waals surface area contributed by atoms with Crippen molar-refractivity contribution in [2.75, 3.05) is 38.8 Å². The van der Waals surface area contributed by atoms with E-state index in [2.05, 4.69) is 4.74 Å². The predicted molar refractivity (Wildman–Crippen MR) is 58.5 cm³/mol. The van der Waals surface area contributed by atoms with E-state index in [0.717, 1.165) is 0 Å². The van der Waals surface area contributed by atoms with E-state index in [1.54, 1.807) is 4.90 Å². The Balaban J connectivity index is 2.18. The van der Waals surface area contributed by atoms with Crippen LogP contribution in [0.2, 0.25) is 0 Å². The molecule has 1 heterocycles. The average Bonchev–Trinajstić information content (AvgIpc) is 2.34. The summed E-state index contributed by atoms with van der Waals surface area (Å²) in [6.45, 7) is 0.825. The molecule has 4 nitrogen and oxygen atoms in total. The van der Waals surface area contributed by atoms with Crippen molar-refractivity contribution in [1.29, 1.82) is 0 Å². The van der Waals surface area contributed by atoms with Crippen LogP contribution in [0.15, 0.2) is 0 Å². The summed E-state index contributed by atoms with van der Waals surface area (Å²) in [5.41, 5.74) is 0. The molecule has 0 aromatic rings. The van der Waals surface area contributed by atoms with Gasteiger partial charge in [0.1, 0.15) is 6.61 Å². The van der Waals surface area contributed by atoms with Crippen LogP contribution in [0.1, 0.15) is 6.42 Å². The molecule has 0 radical (unpaired) electrons. The van der Waals surface area contributed by atoms with Crippen LogP contribution >= 0.6 is 11.6 Å². The van der Waals surface area contributed by atoms with Gasteiger partial charge < -0.3 is 14.4 Å². The summed E-state index contributed by atoms with van der Waals surface area (Å²) in [4.78, 5) is 13.3. The van der Waals surface area contributed by atoms with Gasteiger partial charge in [0.2, 0.25) is 5.91 Å². The minimum atomic E-state index is -2.49. The van der Waals surface area contributed by atoms with Crippen molar-refractivity contribution in [3.05, 3.63) is 0 Å². The van der Waals surface area contributed by atoms with Gasteiger partial charge in [0, 0.05) is 13.1 Å². The van der Waals surface area contributed by atoms with Crippen molar-refractivity contribution in [2.24, 2.45) is 0 Å². The van der Waals surface area contributed by atoms with Gasteiger partial charge in [0.15, 0.2) is 0 Å². The molecule has 0 aromatic heterocycles. The Morgan fingerprint density at radius 3 is 3.00 bits per heavy atom. The molecule has 0 aliphatic carbocycles. The number of alkyl halides is 3. The number of hydrogen-bond donors (Lipinski definition) is 0. The van der Waals surface area contributed by atoms with Crippen molar-refractivity contribution in [1.82, 2.24) is 4.90 Å². The molecule has 1 amide bonds. The lowest BCUT2D eigenvalue weighted by Gasteiger charge is -2.32. The molecule has 1 aliphatic heterocycles. The highest BCUT2D eigenvalue weighted by atomic mass is 35.5. The van der Waals surface area contributed by atoms with E-state index in [1.165, 1.54) is 0 Å². The van der Waals surface area contributed by atoms with E-state index in [4.69, 9.17) is 16.3 Å². The van der Waals surface area contributed by atoms with Crippen LogP contribution in [0.3, 0.4) is 0 Å². The Hall–Kier alpha value is -0.460. The van der Waals surface area contributed by atoms with Crippen LogP contribution in [0.25, 0.3) is 0 Å². The van der Waals surface area contributed by atoms with Crippen molar-refractivity contribution in [3.8, 4) is 0 Å². The molecule has 0 saturated carbocycles. The third-order valence-electron chi connectivity index (χ3n) is 2.37. The monoisotopic (exact) mass is 271 g/mol. The van der Waals surface area contributed by atoms with Crippen LogP contribution in [0.4, 0.5) is 8.78 Å². The Morgan fingerprint density at radius 2 is 2.35 bits per heavy atom. The van der Waals surface area contributed by atoms with Crippen LogP contribution in [0, 0.1) is 0 Å². The summed E-state index contributed by atoms with van der Waals surface area (Å²) >= 11 is 5.64. The average molecular weight is 272 g/mol. The molecule has 0 aromatic carbocycles. The third kappa shape index (κ3) is 5.61. The lowest BCUT2D eigenvalue weighted by atomic mass is 10.2. The fourth-order valence-electron chi connectivity index (χ4n) is 1.53. The van der Waals surface area contributed by atoms with E-state index in [0.29, 0.717) is 25.6 Å². The lowest BCUT2D eigenvalue weighted by molar-refractivity contribution is -0.139. The molecule has 0 N–H and O–H groups in total. The van der Waals surface area contributed by atoms with Crippen LogP contribution in [-0.4, -0.2) is 62.1 Å². The Kier molecular flexibility index (Phi) is 6.69. The van der Waals surface area contributed by atoms with Gasteiger partial charge in [-0.05, 0) is 0 Å². The minimum Gasteiger partial charge on any atom is -0.375 e. The standard InChI is InChI=1S/C10H16ClF2NO3/c11-5-8-6-14(2-4-17-8)10(15)1-3-16-7-9(12)13/h8-9H,1-7H2. The Labute approximate surface area is 104 Å². The number of ether oxygens (including phenoxy) is 2. The van der Waals surface area contributed by atoms with E-state index in [1.807, 2.05) is 0 Å². The number of carbonyl (C=O) groups is 1. The van der Waals surface area contributed by atoms with Crippen LogP contribution in [0.5, 0.6) is 0 Å². The molecule has 1 fully saturated rings. The highest BCUT2D eigenvalue weighted by molar-refractivity contribution is 6.18. The van der Waals surface area contributed by atoms with E-state index >= 15 is 0 Å². The molecule has 17 heavy (non-hydrogen) atoms. The Bertz CT molecular complexity index is 244. The summed E-state index contributed by atoms with van der Waals surface area (Å²) in [6, 6.07) is 0. The number of carbonyl (C=O) groups excluding carboxylic acids is 1. The molecule has 0 bridgehead atoms. The zero-order chi connectivity index (χ0) is 12.7. The quantitative estimate of drug-likeness (QED) is 0.537. The van der Waals surface area contributed by atoms with E-state index in [-0.39, 0.29) is 25.0 Å². The van der Waals surface area contributed by atoms with Crippen LogP contribution in [-0.2, 0) is 14.3 Å². The summed E-state index contributed by atoms with van der Waals surface area (Å²) in [6.07, 6.45) is -2.52. The first-order valence-electron chi connectivity index (χ1n) is 5.44. The molecule has 0 spiro atoms. The van der Waals surface area contributed by atoms with Crippen molar-refractivity contribution >= 4 is 17.5 Å². The maximum Gasteiger partial charge on any atom is 0.261 e. The molecule has 100 valence electrons. The van der Waals surface area contributed by atoms with Crippen molar-refractivity contribution in [2.45, 2.75) is 19.0 Å². The SMILES string of the molecule is O=C(CCOCC(F)F)N1CCOC(CCl)C1. The molecule has 1 aliphatic rings. The summed E-state index contributed by atoms with van der Waals surface area (Å²) in [5.74, 6) is 0.226. The summed E-state index contributed by atoms with van der Waals surface area (Å²) in [5, 5.41) is 0. The van der Waals surface area contributed by atoms with Crippen molar-refractivity contribution in [3.63, 3.8) is 0 Å². The Morgan fingerprint density at radius 1 is 1.59 bits per heavy atom. The molecular formula is C10H16ClF2NO3. The van der Waals surface area contributed by atoms with Gasteiger partial charge in [-0.1, -0.05) is 0 Å². The number of amides is 1. The van der Waals surface area contributed by atoms with Gasteiger partial charge in [-0.15, -0.1) is 11.6 Å². The van der Waals surface area contributed by atoms with Gasteiger partial charge in [0.25, 0.3) is 6.43 Å². The van der Waals surface area contributed by atoms with Crippen LogP contribution < -0.4 is 0 Å². The lowest BCUT2D eigenvalue weighted by Crippen LogP contribution is -2.46. The summed E-state index contributed by atoms with van der Waals surface area (Å²) in [7, 11) is 0. The molecule has 1 unspecified atom stereocenters. The van der Waals surface area contributed by atoms with Gasteiger partial charge in [-0.3, -0.25) is 4.79 Å². The number of halogens is 3. The molecule has 1 saturated heterocycles. The highest BCUT2D eigenvalue weighted by Gasteiger charge is 2.23. The molecular weight excluding hydrogens is 256 g/mol. The third-order valence-corrected chi connectivity index (χ3v) is 2.71. The second-order valence-electron chi connectivity index (χ2n) is 3.70. The largest absolute Gasteiger partial charge is 0.375 e.